The van der Waals surface area contributed by atoms with E-state index in [1.165, 1.54) is 0 Å². The number of benzene rings is 1. The van der Waals surface area contributed by atoms with E-state index in [4.69, 9.17) is 9.47 Å². The van der Waals surface area contributed by atoms with Crippen molar-refractivity contribution in [2.24, 2.45) is 0 Å². The highest BCUT2D eigenvalue weighted by molar-refractivity contribution is 5.92. The van der Waals surface area contributed by atoms with Gasteiger partial charge in [0.05, 0.1) is 32.1 Å². The zero-order chi connectivity index (χ0) is 21.6. The summed E-state index contributed by atoms with van der Waals surface area (Å²) in [5, 5.41) is 7.29. The number of aryl methyl sites for hydroxylation is 1. The second-order valence-electron chi connectivity index (χ2n) is 8.06. The van der Waals surface area contributed by atoms with Gasteiger partial charge in [0.25, 0.3) is 5.91 Å². The molecular formula is C23H30N4O4. The van der Waals surface area contributed by atoms with Crippen LogP contribution in [0.2, 0.25) is 0 Å². The van der Waals surface area contributed by atoms with E-state index in [2.05, 4.69) is 10.2 Å². The number of methoxy groups -OCH3 is 1. The second kappa shape index (κ2) is 9.96. The summed E-state index contributed by atoms with van der Waals surface area (Å²) in [5.41, 5.74) is 2.37. The molecular weight excluding hydrogens is 396 g/mol. The van der Waals surface area contributed by atoms with Crippen LogP contribution in [0.5, 0.6) is 5.75 Å². The fourth-order valence-corrected chi connectivity index (χ4v) is 4.29. The lowest BCUT2D eigenvalue weighted by Gasteiger charge is -2.35. The Morgan fingerprint density at radius 1 is 1.16 bits per heavy atom. The third-order valence-electron chi connectivity index (χ3n) is 6.08. The monoisotopic (exact) mass is 426 g/mol. The number of morpholine rings is 1. The molecule has 166 valence electrons. The maximum Gasteiger partial charge on any atom is 0.274 e. The summed E-state index contributed by atoms with van der Waals surface area (Å²) in [6, 6.07) is 9.59. The van der Waals surface area contributed by atoms with Gasteiger partial charge in [-0.05, 0) is 49.4 Å². The molecule has 31 heavy (non-hydrogen) atoms. The predicted octanol–water partition coefficient (Wildman–Crippen LogP) is 2.58. The summed E-state index contributed by atoms with van der Waals surface area (Å²) < 4.78 is 10.5. The van der Waals surface area contributed by atoms with Gasteiger partial charge in [-0.3, -0.25) is 14.7 Å². The number of H-pyrrole nitrogens is 1. The molecule has 0 saturated carbocycles. The molecule has 2 aromatic rings. The van der Waals surface area contributed by atoms with Crippen LogP contribution in [0, 0.1) is 0 Å². The van der Waals surface area contributed by atoms with Gasteiger partial charge in [-0.15, -0.1) is 0 Å². The lowest BCUT2D eigenvalue weighted by atomic mass is 9.98. The molecule has 2 aliphatic rings. The number of hydrogen-bond acceptors (Lipinski definition) is 5. The van der Waals surface area contributed by atoms with Crippen LogP contribution in [0.3, 0.4) is 0 Å². The number of nitrogens with zero attached hydrogens (tertiary/aromatic N) is 3. The summed E-state index contributed by atoms with van der Waals surface area (Å²) in [4.78, 5) is 29.5. The average molecular weight is 427 g/mol. The Labute approximate surface area is 182 Å². The summed E-state index contributed by atoms with van der Waals surface area (Å²) in [5.74, 6) is 0.864. The van der Waals surface area contributed by atoms with Crippen LogP contribution in [0.4, 0.5) is 0 Å². The molecule has 0 bridgehead atoms. The minimum absolute atomic E-state index is 0.0594. The van der Waals surface area contributed by atoms with Crippen molar-refractivity contribution in [1.29, 1.82) is 0 Å². The standard InChI is InChI=1S/C23H30N4O4/c1-30-18-8-5-17(6-9-18)7-10-22(28)27-11-3-2-4-21(27)19-16-20(25-24-19)23(29)26-12-14-31-15-13-26/h5-6,8-9,16,21H,2-4,7,10-15H2,1H3,(H,24,25)/t21-/m1/s1. The lowest BCUT2D eigenvalue weighted by molar-refractivity contribution is -0.135. The van der Waals surface area contributed by atoms with E-state index in [1.807, 2.05) is 35.2 Å². The predicted molar refractivity (Wildman–Crippen MR) is 115 cm³/mol. The van der Waals surface area contributed by atoms with Crippen molar-refractivity contribution in [2.75, 3.05) is 40.0 Å². The van der Waals surface area contributed by atoms with Crippen LogP contribution in [0.15, 0.2) is 30.3 Å². The maximum absolute atomic E-state index is 13.0. The summed E-state index contributed by atoms with van der Waals surface area (Å²) in [6.45, 7) is 3.02. The van der Waals surface area contributed by atoms with E-state index >= 15 is 0 Å². The van der Waals surface area contributed by atoms with Crippen LogP contribution in [-0.4, -0.2) is 71.8 Å². The molecule has 2 aliphatic heterocycles. The third-order valence-corrected chi connectivity index (χ3v) is 6.08. The highest BCUT2D eigenvalue weighted by atomic mass is 16.5. The fraction of sp³-hybridized carbons (Fsp3) is 0.522. The largest absolute Gasteiger partial charge is 0.497 e. The van der Waals surface area contributed by atoms with Gasteiger partial charge in [0.15, 0.2) is 0 Å². The number of rotatable bonds is 6. The number of likely N-dealkylation sites (tertiary alicyclic amines) is 1. The van der Waals surface area contributed by atoms with E-state index < -0.39 is 0 Å². The molecule has 2 fully saturated rings. The van der Waals surface area contributed by atoms with Crippen molar-refractivity contribution in [3.8, 4) is 5.75 Å². The van der Waals surface area contributed by atoms with Crippen LogP contribution in [-0.2, 0) is 16.0 Å². The molecule has 0 aliphatic carbocycles. The minimum atomic E-state index is -0.0843. The van der Waals surface area contributed by atoms with Gasteiger partial charge in [-0.25, -0.2) is 0 Å². The van der Waals surface area contributed by atoms with Crippen molar-refractivity contribution in [2.45, 2.75) is 38.1 Å². The molecule has 1 N–H and O–H groups in total. The Morgan fingerprint density at radius 3 is 2.68 bits per heavy atom. The molecule has 8 nitrogen and oxygen atoms in total. The van der Waals surface area contributed by atoms with Gasteiger partial charge in [-0.2, -0.15) is 5.10 Å². The molecule has 1 atom stereocenters. The van der Waals surface area contributed by atoms with Crippen molar-refractivity contribution >= 4 is 11.8 Å². The first-order chi connectivity index (χ1) is 15.2. The normalized spacial score (nSPS) is 19.3. The highest BCUT2D eigenvalue weighted by Crippen LogP contribution is 2.31. The number of nitrogens with one attached hydrogen (secondary N) is 1. The molecule has 1 aromatic carbocycles. The van der Waals surface area contributed by atoms with Crippen molar-refractivity contribution in [3.63, 3.8) is 0 Å². The Morgan fingerprint density at radius 2 is 1.94 bits per heavy atom. The molecule has 2 saturated heterocycles. The second-order valence-corrected chi connectivity index (χ2v) is 8.06. The van der Waals surface area contributed by atoms with E-state index in [1.54, 1.807) is 12.0 Å². The number of aromatic amines is 1. The van der Waals surface area contributed by atoms with Gasteiger partial charge in [0.1, 0.15) is 11.4 Å². The fourth-order valence-electron chi connectivity index (χ4n) is 4.29. The lowest BCUT2D eigenvalue weighted by Crippen LogP contribution is -2.40. The van der Waals surface area contributed by atoms with Gasteiger partial charge < -0.3 is 19.3 Å². The molecule has 0 spiro atoms. The number of carbonyl (C=O) groups is 2. The molecule has 1 aromatic heterocycles. The molecule has 3 heterocycles. The SMILES string of the molecule is COc1ccc(CCC(=O)N2CCCC[C@@H]2c2cc(C(=O)N3CCOCC3)n[nH]2)cc1. The average Bonchev–Trinajstić information content (AvgIpc) is 3.33. The van der Waals surface area contributed by atoms with Crippen LogP contribution < -0.4 is 4.74 Å². The van der Waals surface area contributed by atoms with E-state index in [0.717, 1.165) is 42.8 Å². The number of piperidine rings is 1. The Kier molecular flexibility index (Phi) is 6.86. The highest BCUT2D eigenvalue weighted by Gasteiger charge is 2.30. The van der Waals surface area contributed by atoms with Crippen molar-refractivity contribution in [1.82, 2.24) is 20.0 Å². The Hall–Kier alpha value is -2.87. The smallest absolute Gasteiger partial charge is 0.274 e. The topological polar surface area (TPSA) is 87.8 Å². The first-order valence-electron chi connectivity index (χ1n) is 11.0. The Balaban J connectivity index is 1.40. The minimum Gasteiger partial charge on any atom is -0.497 e. The van der Waals surface area contributed by atoms with E-state index in [-0.39, 0.29) is 17.9 Å². The quantitative estimate of drug-likeness (QED) is 0.767. The van der Waals surface area contributed by atoms with Crippen molar-refractivity contribution in [3.05, 3.63) is 47.3 Å². The zero-order valence-electron chi connectivity index (χ0n) is 18.0. The summed E-state index contributed by atoms with van der Waals surface area (Å²) in [6.07, 6.45) is 4.07. The first kappa shape index (κ1) is 21.4. The summed E-state index contributed by atoms with van der Waals surface area (Å²) in [7, 11) is 1.64. The summed E-state index contributed by atoms with van der Waals surface area (Å²) >= 11 is 0. The number of aromatic nitrogens is 2. The molecule has 2 amide bonds. The van der Waals surface area contributed by atoms with Crippen LogP contribution in [0.25, 0.3) is 0 Å². The van der Waals surface area contributed by atoms with Gasteiger partial charge >= 0.3 is 0 Å². The van der Waals surface area contributed by atoms with Crippen molar-refractivity contribution < 1.29 is 19.1 Å². The Bertz CT molecular complexity index is 889. The van der Waals surface area contributed by atoms with Gasteiger partial charge in [0, 0.05) is 26.1 Å². The molecule has 4 rings (SSSR count). The van der Waals surface area contributed by atoms with Crippen LogP contribution in [0.1, 0.15) is 53.5 Å². The third kappa shape index (κ3) is 5.07. The molecule has 8 heteroatoms. The first-order valence-corrected chi connectivity index (χ1v) is 11.0. The van der Waals surface area contributed by atoms with E-state index in [9.17, 15) is 9.59 Å². The van der Waals surface area contributed by atoms with Crippen LogP contribution >= 0.6 is 0 Å². The maximum atomic E-state index is 13.0. The molecule has 0 radical (unpaired) electrons. The van der Waals surface area contributed by atoms with E-state index in [0.29, 0.717) is 44.8 Å². The zero-order valence-corrected chi connectivity index (χ0v) is 18.0. The number of carbonyl (C=O) groups excluding carboxylic acids is 2. The van der Waals surface area contributed by atoms with Gasteiger partial charge in [0.2, 0.25) is 5.91 Å². The number of hydrogen-bond donors (Lipinski definition) is 1. The molecule has 0 unspecified atom stereocenters. The number of ether oxygens (including phenoxy) is 2. The number of amides is 2. The van der Waals surface area contributed by atoms with Gasteiger partial charge in [-0.1, -0.05) is 12.1 Å².